The standard InChI is InChI=1S/C18H12ClF3N4O/c1-10-7-23-5-4-12(10)17(27)26-16-9-24-15(8-25-16)13-6-11(18(20,21)22)2-3-14(13)19/h2-9H,1H3,(H,25,26,27). The summed E-state index contributed by atoms with van der Waals surface area (Å²) >= 11 is 5.99. The summed E-state index contributed by atoms with van der Waals surface area (Å²) in [6, 6.07) is 4.52. The van der Waals surface area contributed by atoms with Crippen molar-refractivity contribution in [1.82, 2.24) is 15.0 Å². The molecule has 2 aromatic heterocycles. The fourth-order valence-electron chi connectivity index (χ4n) is 2.34. The molecule has 0 fully saturated rings. The normalized spacial score (nSPS) is 11.3. The van der Waals surface area contributed by atoms with Crippen molar-refractivity contribution in [3.05, 3.63) is 70.8 Å². The van der Waals surface area contributed by atoms with Crippen molar-refractivity contribution in [1.29, 1.82) is 0 Å². The number of nitrogens with one attached hydrogen (secondary N) is 1. The maximum atomic E-state index is 12.9. The van der Waals surface area contributed by atoms with Crippen molar-refractivity contribution in [2.24, 2.45) is 0 Å². The average Bonchev–Trinajstić information content (AvgIpc) is 2.62. The second-order valence-corrected chi connectivity index (χ2v) is 6.03. The third kappa shape index (κ3) is 4.22. The Hall–Kier alpha value is -3.00. The number of rotatable bonds is 3. The molecular formula is C18H12ClF3N4O. The molecule has 1 N–H and O–H groups in total. The lowest BCUT2D eigenvalue weighted by Crippen LogP contribution is -2.14. The second kappa shape index (κ2) is 7.32. The molecule has 1 aromatic carbocycles. The maximum Gasteiger partial charge on any atom is 0.416 e. The molecule has 0 bridgehead atoms. The van der Waals surface area contributed by atoms with Crippen LogP contribution in [0.25, 0.3) is 11.3 Å². The van der Waals surface area contributed by atoms with Crippen molar-refractivity contribution in [3.63, 3.8) is 0 Å². The van der Waals surface area contributed by atoms with Crippen LogP contribution in [0, 0.1) is 6.92 Å². The van der Waals surface area contributed by atoms with Crippen LogP contribution in [-0.4, -0.2) is 20.9 Å². The smallest absolute Gasteiger partial charge is 0.305 e. The van der Waals surface area contributed by atoms with Gasteiger partial charge >= 0.3 is 6.18 Å². The summed E-state index contributed by atoms with van der Waals surface area (Å²) in [5.74, 6) is -0.239. The van der Waals surface area contributed by atoms with E-state index in [4.69, 9.17) is 11.6 Å². The van der Waals surface area contributed by atoms with E-state index < -0.39 is 17.6 Å². The molecule has 5 nitrogen and oxygen atoms in total. The third-order valence-corrected chi connectivity index (χ3v) is 4.06. The number of carbonyl (C=O) groups is 1. The SMILES string of the molecule is Cc1cnccc1C(=O)Nc1cnc(-c2cc(C(F)(F)F)ccc2Cl)cn1. The second-order valence-electron chi connectivity index (χ2n) is 5.62. The van der Waals surface area contributed by atoms with Crippen LogP contribution in [0.15, 0.2) is 49.1 Å². The molecule has 0 spiro atoms. The van der Waals surface area contributed by atoms with Gasteiger partial charge in [-0.25, -0.2) is 4.98 Å². The van der Waals surface area contributed by atoms with E-state index in [1.165, 1.54) is 18.6 Å². The molecule has 3 aromatic rings. The molecule has 0 aliphatic carbocycles. The van der Waals surface area contributed by atoms with Gasteiger partial charge in [0.05, 0.1) is 28.7 Å². The number of aromatic nitrogens is 3. The van der Waals surface area contributed by atoms with Crippen LogP contribution in [0.1, 0.15) is 21.5 Å². The van der Waals surface area contributed by atoms with E-state index in [1.54, 1.807) is 19.2 Å². The summed E-state index contributed by atoms with van der Waals surface area (Å²) in [7, 11) is 0. The Balaban J connectivity index is 1.84. The van der Waals surface area contributed by atoms with Crippen LogP contribution >= 0.6 is 11.6 Å². The number of benzene rings is 1. The maximum absolute atomic E-state index is 12.9. The molecule has 27 heavy (non-hydrogen) atoms. The zero-order chi connectivity index (χ0) is 19.6. The first-order valence-corrected chi connectivity index (χ1v) is 8.04. The molecule has 138 valence electrons. The van der Waals surface area contributed by atoms with Crippen LogP contribution in [0.5, 0.6) is 0 Å². The van der Waals surface area contributed by atoms with Crippen molar-refractivity contribution < 1.29 is 18.0 Å². The predicted octanol–water partition coefficient (Wildman–Crippen LogP) is 4.77. The van der Waals surface area contributed by atoms with Crippen molar-refractivity contribution in [2.75, 3.05) is 5.32 Å². The van der Waals surface area contributed by atoms with Crippen LogP contribution < -0.4 is 5.32 Å². The largest absolute Gasteiger partial charge is 0.416 e. The minimum atomic E-state index is -4.50. The number of nitrogens with zero attached hydrogens (tertiary/aromatic N) is 3. The Labute approximate surface area is 157 Å². The van der Waals surface area contributed by atoms with Crippen molar-refractivity contribution in [2.45, 2.75) is 13.1 Å². The van der Waals surface area contributed by atoms with E-state index in [0.29, 0.717) is 11.1 Å². The molecular weight excluding hydrogens is 381 g/mol. The van der Waals surface area contributed by atoms with Gasteiger partial charge in [0, 0.05) is 23.5 Å². The average molecular weight is 393 g/mol. The van der Waals surface area contributed by atoms with Crippen LogP contribution in [0.4, 0.5) is 19.0 Å². The molecule has 0 aliphatic heterocycles. The van der Waals surface area contributed by atoms with Crippen LogP contribution in [-0.2, 0) is 6.18 Å². The summed E-state index contributed by atoms with van der Waals surface area (Å²) in [5, 5.41) is 2.69. The number of hydrogen-bond donors (Lipinski definition) is 1. The van der Waals surface area contributed by atoms with Gasteiger partial charge in [-0.1, -0.05) is 11.6 Å². The first-order valence-electron chi connectivity index (χ1n) is 7.67. The summed E-state index contributed by atoms with van der Waals surface area (Å²) in [6.45, 7) is 1.74. The molecule has 0 radical (unpaired) electrons. The van der Waals surface area contributed by atoms with E-state index in [9.17, 15) is 18.0 Å². The molecule has 9 heteroatoms. The molecule has 0 aliphatic rings. The highest BCUT2D eigenvalue weighted by Gasteiger charge is 2.31. The number of aryl methyl sites for hydroxylation is 1. The Morgan fingerprint density at radius 1 is 1.11 bits per heavy atom. The molecule has 0 saturated heterocycles. The highest BCUT2D eigenvalue weighted by Crippen LogP contribution is 2.35. The predicted molar refractivity (Wildman–Crippen MR) is 94.4 cm³/mol. The highest BCUT2D eigenvalue weighted by molar-refractivity contribution is 6.33. The van der Waals surface area contributed by atoms with E-state index in [2.05, 4.69) is 20.3 Å². The number of pyridine rings is 1. The zero-order valence-corrected chi connectivity index (χ0v) is 14.6. The highest BCUT2D eigenvalue weighted by atomic mass is 35.5. The van der Waals surface area contributed by atoms with Gasteiger partial charge in [-0.3, -0.25) is 14.8 Å². The van der Waals surface area contributed by atoms with Gasteiger partial charge in [0.1, 0.15) is 0 Å². The lowest BCUT2D eigenvalue weighted by Gasteiger charge is -2.11. The van der Waals surface area contributed by atoms with E-state index in [-0.39, 0.29) is 22.1 Å². The Kier molecular flexibility index (Phi) is 5.09. The number of anilines is 1. The van der Waals surface area contributed by atoms with Crippen molar-refractivity contribution >= 4 is 23.3 Å². The third-order valence-electron chi connectivity index (χ3n) is 3.73. The molecule has 0 saturated carbocycles. The molecule has 3 rings (SSSR count). The molecule has 0 unspecified atom stereocenters. The Morgan fingerprint density at radius 3 is 2.52 bits per heavy atom. The van der Waals surface area contributed by atoms with Gasteiger partial charge in [0.25, 0.3) is 5.91 Å². The lowest BCUT2D eigenvalue weighted by molar-refractivity contribution is -0.137. The monoisotopic (exact) mass is 392 g/mol. The van der Waals surface area contributed by atoms with Gasteiger partial charge in [0.15, 0.2) is 5.82 Å². The van der Waals surface area contributed by atoms with E-state index in [1.807, 2.05) is 0 Å². The Morgan fingerprint density at radius 2 is 1.89 bits per heavy atom. The molecule has 0 atom stereocenters. The van der Waals surface area contributed by atoms with Gasteiger partial charge in [-0.2, -0.15) is 13.2 Å². The van der Waals surface area contributed by atoms with Gasteiger partial charge in [0.2, 0.25) is 0 Å². The number of halogens is 4. The van der Waals surface area contributed by atoms with Gasteiger partial charge < -0.3 is 5.32 Å². The van der Waals surface area contributed by atoms with Crippen LogP contribution in [0.2, 0.25) is 5.02 Å². The minimum absolute atomic E-state index is 0.0989. The first kappa shape index (κ1) is 18.8. The van der Waals surface area contributed by atoms with Gasteiger partial charge in [-0.15, -0.1) is 0 Å². The van der Waals surface area contributed by atoms with E-state index in [0.717, 1.165) is 18.2 Å². The Bertz CT molecular complexity index is 991. The summed E-state index contributed by atoms with van der Waals surface area (Å²) in [6.07, 6.45) is 1.05. The topological polar surface area (TPSA) is 67.8 Å². The number of alkyl halides is 3. The minimum Gasteiger partial charge on any atom is -0.305 e. The fourth-order valence-corrected chi connectivity index (χ4v) is 2.56. The summed E-state index contributed by atoms with van der Waals surface area (Å²) < 4.78 is 38.7. The van der Waals surface area contributed by atoms with Crippen LogP contribution in [0.3, 0.4) is 0 Å². The lowest BCUT2D eigenvalue weighted by atomic mass is 10.1. The summed E-state index contributed by atoms with van der Waals surface area (Å²) in [4.78, 5) is 24.3. The number of amides is 1. The first-order chi connectivity index (χ1) is 12.8. The zero-order valence-electron chi connectivity index (χ0n) is 13.9. The van der Waals surface area contributed by atoms with Crippen molar-refractivity contribution in [3.8, 4) is 11.3 Å². The van der Waals surface area contributed by atoms with E-state index >= 15 is 0 Å². The quantitative estimate of drug-likeness (QED) is 0.697. The molecule has 1 amide bonds. The fraction of sp³-hybridized carbons (Fsp3) is 0.111. The number of carbonyl (C=O) groups excluding carboxylic acids is 1. The van der Waals surface area contributed by atoms with Gasteiger partial charge in [-0.05, 0) is 36.8 Å². The summed E-state index contributed by atoms with van der Waals surface area (Å²) in [5.41, 5.74) is 0.535. The number of hydrogen-bond acceptors (Lipinski definition) is 4. The molecule has 2 heterocycles.